The fraction of sp³-hybridized carbons (Fsp3) is 0.500. The molecule has 4 N–H and O–H groups in total. The topological polar surface area (TPSA) is 52.0 Å². The van der Waals surface area contributed by atoms with Crippen LogP contribution in [0, 0.1) is 0 Å². The molecule has 0 heterocycles. The van der Waals surface area contributed by atoms with Crippen LogP contribution in [0.3, 0.4) is 0 Å². The summed E-state index contributed by atoms with van der Waals surface area (Å²) in [6.07, 6.45) is 4.88. The third-order valence-corrected chi connectivity index (χ3v) is 3.21. The van der Waals surface area contributed by atoms with E-state index >= 15 is 0 Å². The van der Waals surface area contributed by atoms with Crippen molar-refractivity contribution in [3.8, 4) is 0 Å². The lowest BCUT2D eigenvalue weighted by molar-refractivity contribution is 0.386. The molecular weight excluding hydrogens is 172 g/mol. The Morgan fingerprint density at radius 1 is 1.07 bits per heavy atom. The largest absolute Gasteiger partial charge is 0.398 e. The number of rotatable bonds is 1. The molecule has 76 valence electrons. The van der Waals surface area contributed by atoms with Gasteiger partial charge in [-0.25, -0.2) is 0 Å². The number of benzene rings is 1. The summed E-state index contributed by atoms with van der Waals surface area (Å²) in [5.41, 5.74) is 14.2. The zero-order valence-electron chi connectivity index (χ0n) is 8.45. The molecule has 2 nitrogen and oxygen atoms in total. The van der Waals surface area contributed by atoms with Crippen LogP contribution in [0.15, 0.2) is 24.3 Å². The quantitative estimate of drug-likeness (QED) is 0.667. The number of hydrogen-bond donors (Lipinski definition) is 2. The Morgan fingerprint density at radius 2 is 1.79 bits per heavy atom. The van der Waals surface area contributed by atoms with Crippen LogP contribution in [0.1, 0.15) is 37.2 Å². The van der Waals surface area contributed by atoms with Crippen molar-refractivity contribution in [3.05, 3.63) is 29.8 Å². The third kappa shape index (κ3) is 1.75. The Balaban J connectivity index is 2.25. The maximum Gasteiger partial charge on any atom is 0.0350 e. The molecule has 0 aromatic heterocycles. The first-order chi connectivity index (χ1) is 6.79. The zero-order valence-corrected chi connectivity index (χ0v) is 8.45. The molecule has 1 aromatic carbocycles. The van der Waals surface area contributed by atoms with Gasteiger partial charge in [-0.15, -0.1) is 0 Å². The van der Waals surface area contributed by atoms with Gasteiger partial charge in [-0.1, -0.05) is 31.0 Å². The second-order valence-electron chi connectivity index (χ2n) is 4.18. The van der Waals surface area contributed by atoms with Crippen molar-refractivity contribution in [2.75, 3.05) is 5.73 Å². The van der Waals surface area contributed by atoms with Crippen LogP contribution in [-0.4, -0.2) is 6.04 Å². The average Bonchev–Trinajstić information content (AvgIpc) is 2.20. The number of hydrogen-bond acceptors (Lipinski definition) is 2. The minimum atomic E-state index is 0.299. The van der Waals surface area contributed by atoms with E-state index in [1.54, 1.807) is 0 Å². The molecule has 0 saturated heterocycles. The van der Waals surface area contributed by atoms with E-state index in [4.69, 9.17) is 11.5 Å². The molecule has 1 saturated carbocycles. The number of anilines is 1. The second-order valence-corrected chi connectivity index (χ2v) is 4.18. The summed E-state index contributed by atoms with van der Waals surface area (Å²) in [7, 11) is 0. The molecule has 2 heteroatoms. The number of para-hydroxylation sites is 1. The normalized spacial score (nSPS) is 27.5. The summed E-state index contributed by atoms with van der Waals surface area (Å²) < 4.78 is 0. The molecule has 1 fully saturated rings. The summed E-state index contributed by atoms with van der Waals surface area (Å²) >= 11 is 0. The Bertz CT molecular complexity index is 309. The molecule has 2 atom stereocenters. The van der Waals surface area contributed by atoms with Gasteiger partial charge in [0.05, 0.1) is 0 Å². The van der Waals surface area contributed by atoms with Crippen molar-refractivity contribution in [3.63, 3.8) is 0 Å². The van der Waals surface area contributed by atoms with Crippen LogP contribution in [0.4, 0.5) is 5.69 Å². The van der Waals surface area contributed by atoms with Crippen molar-refractivity contribution >= 4 is 5.69 Å². The molecule has 0 spiro atoms. The molecule has 1 aromatic rings. The predicted octanol–water partition coefficient (Wildman–Crippen LogP) is 2.25. The molecule has 2 unspecified atom stereocenters. The fourth-order valence-corrected chi connectivity index (χ4v) is 2.39. The van der Waals surface area contributed by atoms with Crippen LogP contribution in [0.2, 0.25) is 0 Å². The molecule has 14 heavy (non-hydrogen) atoms. The molecule has 2 rings (SSSR count). The van der Waals surface area contributed by atoms with Crippen molar-refractivity contribution in [1.29, 1.82) is 0 Å². The van der Waals surface area contributed by atoms with Crippen molar-refractivity contribution in [2.45, 2.75) is 37.6 Å². The van der Waals surface area contributed by atoms with Gasteiger partial charge in [0.2, 0.25) is 0 Å². The summed E-state index contributed by atoms with van der Waals surface area (Å²) in [6.45, 7) is 0. The van der Waals surface area contributed by atoms with E-state index in [0.717, 1.165) is 12.1 Å². The minimum Gasteiger partial charge on any atom is -0.398 e. The van der Waals surface area contributed by atoms with E-state index < -0.39 is 0 Å². The van der Waals surface area contributed by atoms with Gasteiger partial charge >= 0.3 is 0 Å². The lowest BCUT2D eigenvalue weighted by Gasteiger charge is -2.29. The first-order valence-corrected chi connectivity index (χ1v) is 5.39. The van der Waals surface area contributed by atoms with Crippen LogP contribution >= 0.6 is 0 Å². The van der Waals surface area contributed by atoms with Crippen LogP contribution in [0.25, 0.3) is 0 Å². The monoisotopic (exact) mass is 190 g/mol. The van der Waals surface area contributed by atoms with Crippen LogP contribution in [0.5, 0.6) is 0 Å². The Morgan fingerprint density at radius 3 is 2.50 bits per heavy atom. The van der Waals surface area contributed by atoms with Crippen molar-refractivity contribution < 1.29 is 0 Å². The highest BCUT2D eigenvalue weighted by Gasteiger charge is 2.24. The van der Waals surface area contributed by atoms with E-state index in [0.29, 0.717) is 12.0 Å². The molecule has 0 aliphatic heterocycles. The molecular formula is C12H18N2. The average molecular weight is 190 g/mol. The van der Waals surface area contributed by atoms with Gasteiger partial charge in [0.15, 0.2) is 0 Å². The summed E-state index contributed by atoms with van der Waals surface area (Å²) in [5, 5.41) is 0. The highest BCUT2D eigenvalue weighted by atomic mass is 14.7. The maximum absolute atomic E-state index is 6.12. The standard InChI is InChI=1S/C12H18N2/c13-11-7-3-1-5-9(11)10-6-2-4-8-12(10)14/h1,3,5,7,10,12H,2,4,6,8,13-14H2. The second kappa shape index (κ2) is 4.01. The van der Waals surface area contributed by atoms with Crippen molar-refractivity contribution in [2.24, 2.45) is 5.73 Å². The van der Waals surface area contributed by atoms with Gasteiger partial charge < -0.3 is 11.5 Å². The minimum absolute atomic E-state index is 0.299. The SMILES string of the molecule is Nc1ccccc1C1CCCCC1N. The van der Waals surface area contributed by atoms with Gasteiger partial charge in [0.25, 0.3) is 0 Å². The van der Waals surface area contributed by atoms with Gasteiger partial charge in [-0.05, 0) is 24.5 Å². The summed E-state index contributed by atoms with van der Waals surface area (Å²) in [4.78, 5) is 0. The number of nitrogens with two attached hydrogens (primary N) is 2. The highest BCUT2D eigenvalue weighted by Crippen LogP contribution is 2.34. The lowest BCUT2D eigenvalue weighted by atomic mass is 9.80. The van der Waals surface area contributed by atoms with Crippen LogP contribution in [-0.2, 0) is 0 Å². The van der Waals surface area contributed by atoms with Crippen molar-refractivity contribution in [1.82, 2.24) is 0 Å². The first-order valence-electron chi connectivity index (χ1n) is 5.39. The molecule has 0 amide bonds. The van der Waals surface area contributed by atoms with Gasteiger partial charge in [0, 0.05) is 17.6 Å². The lowest BCUT2D eigenvalue weighted by Crippen LogP contribution is -2.31. The molecule has 1 aliphatic carbocycles. The van der Waals surface area contributed by atoms with E-state index in [1.807, 2.05) is 18.2 Å². The Hall–Kier alpha value is -1.02. The smallest absolute Gasteiger partial charge is 0.0350 e. The highest BCUT2D eigenvalue weighted by molar-refractivity contribution is 5.49. The van der Waals surface area contributed by atoms with E-state index in [1.165, 1.54) is 24.8 Å². The maximum atomic E-state index is 6.12. The van der Waals surface area contributed by atoms with E-state index in [2.05, 4.69) is 6.07 Å². The van der Waals surface area contributed by atoms with Gasteiger partial charge in [0.1, 0.15) is 0 Å². The molecule has 0 bridgehead atoms. The zero-order chi connectivity index (χ0) is 9.97. The molecule has 0 radical (unpaired) electrons. The summed E-state index contributed by atoms with van der Waals surface area (Å²) in [5.74, 6) is 0.477. The molecule has 1 aliphatic rings. The van der Waals surface area contributed by atoms with E-state index in [-0.39, 0.29) is 0 Å². The summed E-state index contributed by atoms with van der Waals surface area (Å²) in [6, 6.07) is 8.41. The van der Waals surface area contributed by atoms with Gasteiger partial charge in [-0.2, -0.15) is 0 Å². The number of nitrogen functional groups attached to an aromatic ring is 1. The Labute approximate surface area is 85.3 Å². The first kappa shape index (κ1) is 9.53. The predicted molar refractivity (Wildman–Crippen MR) is 60.0 cm³/mol. The van der Waals surface area contributed by atoms with Gasteiger partial charge in [-0.3, -0.25) is 0 Å². The fourth-order valence-electron chi connectivity index (χ4n) is 2.39. The third-order valence-electron chi connectivity index (χ3n) is 3.21. The van der Waals surface area contributed by atoms with E-state index in [9.17, 15) is 0 Å². The Kier molecular flexibility index (Phi) is 2.73. The van der Waals surface area contributed by atoms with Crippen LogP contribution < -0.4 is 11.5 Å².